The monoisotopic (exact) mass is 279 g/mol. The number of aromatic amines is 1. The topological polar surface area (TPSA) is 49.0 Å². The summed E-state index contributed by atoms with van der Waals surface area (Å²) in [6.07, 6.45) is 2.56. The van der Waals surface area contributed by atoms with Crippen molar-refractivity contribution in [1.29, 1.82) is 0 Å². The highest BCUT2D eigenvalue weighted by Crippen LogP contribution is 2.47. The number of hydrogen-bond donors (Lipinski definition) is 1. The molecule has 1 amide bonds. The van der Waals surface area contributed by atoms with Gasteiger partial charge in [0.15, 0.2) is 0 Å². The number of fused-ring (bicyclic) bond motifs is 1. The average molecular weight is 279 g/mol. The molecule has 4 heteroatoms. The highest BCUT2D eigenvalue weighted by molar-refractivity contribution is 6.05. The maximum Gasteiger partial charge on any atom is 0.234 e. The van der Waals surface area contributed by atoms with Gasteiger partial charge in [-0.05, 0) is 18.1 Å². The fourth-order valence-corrected chi connectivity index (χ4v) is 3.23. The van der Waals surface area contributed by atoms with E-state index in [2.05, 4.69) is 29.0 Å². The third kappa shape index (κ3) is 1.98. The molecular weight excluding hydrogens is 262 g/mol. The van der Waals surface area contributed by atoms with Gasteiger partial charge in [0.25, 0.3) is 0 Å². The predicted molar refractivity (Wildman–Crippen MR) is 80.2 cm³/mol. The minimum atomic E-state index is -0.0168. The van der Waals surface area contributed by atoms with Crippen molar-refractivity contribution < 1.29 is 4.79 Å². The number of rotatable bonds is 2. The number of imidazole rings is 1. The van der Waals surface area contributed by atoms with E-state index in [1.165, 1.54) is 16.7 Å². The fraction of sp³-hybridized carbons (Fsp3) is 0.294. The van der Waals surface area contributed by atoms with Crippen molar-refractivity contribution in [2.75, 3.05) is 6.54 Å². The molecule has 4 nitrogen and oxygen atoms in total. The summed E-state index contributed by atoms with van der Waals surface area (Å²) in [7, 11) is 0. The lowest BCUT2D eigenvalue weighted by Gasteiger charge is -2.26. The summed E-state index contributed by atoms with van der Waals surface area (Å²) < 4.78 is 0. The molecule has 0 spiro atoms. The van der Waals surface area contributed by atoms with Crippen molar-refractivity contribution in [2.45, 2.75) is 19.9 Å². The summed E-state index contributed by atoms with van der Waals surface area (Å²) in [5, 5.41) is 0. The van der Waals surface area contributed by atoms with Gasteiger partial charge in [-0.2, -0.15) is 0 Å². The Bertz CT molecular complexity index is 730. The van der Waals surface area contributed by atoms with Crippen molar-refractivity contribution in [3.63, 3.8) is 0 Å². The van der Waals surface area contributed by atoms with Gasteiger partial charge in [0.1, 0.15) is 0 Å². The Kier molecular flexibility index (Phi) is 2.70. The molecule has 106 valence electrons. The molecule has 0 radical (unpaired) electrons. The van der Waals surface area contributed by atoms with Gasteiger partial charge >= 0.3 is 0 Å². The van der Waals surface area contributed by atoms with E-state index >= 15 is 0 Å². The van der Waals surface area contributed by atoms with Crippen LogP contribution in [0.2, 0.25) is 0 Å². The molecule has 0 saturated heterocycles. The van der Waals surface area contributed by atoms with Crippen molar-refractivity contribution >= 4 is 11.5 Å². The molecule has 21 heavy (non-hydrogen) atoms. The molecule has 0 fully saturated rings. The Labute approximate surface area is 123 Å². The number of carbonyl (C=O) groups is 1. The van der Waals surface area contributed by atoms with Gasteiger partial charge in [-0.1, -0.05) is 35.9 Å². The number of benzene rings is 1. The SMILES string of the molecule is CC1=C(c2ccccc2)[C@@H]1C(=O)N1CCc2nc[nH]c2C1. The molecule has 4 rings (SSSR count). The van der Waals surface area contributed by atoms with E-state index in [9.17, 15) is 4.79 Å². The van der Waals surface area contributed by atoms with Crippen molar-refractivity contribution in [3.05, 3.63) is 59.2 Å². The standard InChI is InChI=1S/C17H17N3O/c1-11-15(12-5-3-2-4-6-12)16(11)17(21)20-8-7-13-14(9-20)19-10-18-13/h2-6,10,16H,7-9H2,1H3,(H,18,19)/t16-/m1/s1. The van der Waals surface area contributed by atoms with Crippen molar-refractivity contribution in [2.24, 2.45) is 5.92 Å². The van der Waals surface area contributed by atoms with E-state index in [0.29, 0.717) is 6.54 Å². The molecule has 0 saturated carbocycles. The first-order valence-electron chi connectivity index (χ1n) is 7.31. The molecule has 2 aliphatic rings. The van der Waals surface area contributed by atoms with Gasteiger partial charge in [0, 0.05) is 13.0 Å². The fourth-order valence-electron chi connectivity index (χ4n) is 3.23. The van der Waals surface area contributed by atoms with Crippen LogP contribution in [0.15, 0.2) is 42.2 Å². The quantitative estimate of drug-likeness (QED) is 0.917. The molecule has 1 aromatic carbocycles. The highest BCUT2D eigenvalue weighted by atomic mass is 16.2. The van der Waals surface area contributed by atoms with E-state index in [1.807, 2.05) is 23.1 Å². The first kappa shape index (κ1) is 12.4. The Balaban J connectivity index is 1.51. The number of nitrogens with one attached hydrogen (secondary N) is 1. The number of aromatic nitrogens is 2. The third-order valence-electron chi connectivity index (χ3n) is 4.48. The largest absolute Gasteiger partial charge is 0.347 e. The van der Waals surface area contributed by atoms with E-state index in [1.54, 1.807) is 6.33 Å². The van der Waals surface area contributed by atoms with Crippen LogP contribution in [0.25, 0.3) is 5.57 Å². The lowest BCUT2D eigenvalue weighted by atomic mass is 10.1. The summed E-state index contributed by atoms with van der Waals surface area (Å²) in [6.45, 7) is 3.49. The Morgan fingerprint density at radius 2 is 2.14 bits per heavy atom. The number of H-pyrrole nitrogens is 1. The van der Waals surface area contributed by atoms with Crippen molar-refractivity contribution in [3.8, 4) is 0 Å². The van der Waals surface area contributed by atoms with E-state index in [4.69, 9.17) is 0 Å². The van der Waals surface area contributed by atoms with E-state index in [-0.39, 0.29) is 11.8 Å². The van der Waals surface area contributed by atoms with Crippen LogP contribution >= 0.6 is 0 Å². The maximum absolute atomic E-state index is 12.7. The van der Waals surface area contributed by atoms with Crippen LogP contribution in [-0.2, 0) is 17.8 Å². The summed E-state index contributed by atoms with van der Waals surface area (Å²) >= 11 is 0. The molecule has 2 aromatic rings. The number of amides is 1. The molecule has 0 unspecified atom stereocenters. The Morgan fingerprint density at radius 3 is 2.95 bits per heavy atom. The summed E-state index contributed by atoms with van der Waals surface area (Å²) in [5.41, 5.74) is 5.77. The summed E-state index contributed by atoms with van der Waals surface area (Å²) in [4.78, 5) is 22.1. The molecular formula is C17H17N3O. The number of nitrogens with zero attached hydrogens (tertiary/aromatic N) is 2. The first-order chi connectivity index (χ1) is 10.3. The second-order valence-corrected chi connectivity index (χ2v) is 5.73. The van der Waals surface area contributed by atoms with Gasteiger partial charge in [-0.25, -0.2) is 4.98 Å². The zero-order chi connectivity index (χ0) is 14.4. The lowest BCUT2D eigenvalue weighted by molar-refractivity contribution is -0.132. The average Bonchev–Trinajstić information content (AvgIpc) is 2.97. The minimum Gasteiger partial charge on any atom is -0.347 e. The third-order valence-corrected chi connectivity index (χ3v) is 4.48. The smallest absolute Gasteiger partial charge is 0.234 e. The van der Waals surface area contributed by atoms with Gasteiger partial charge in [0.2, 0.25) is 5.91 Å². The van der Waals surface area contributed by atoms with Crippen molar-refractivity contribution in [1.82, 2.24) is 14.9 Å². The van der Waals surface area contributed by atoms with Crippen LogP contribution in [-0.4, -0.2) is 27.3 Å². The zero-order valence-corrected chi connectivity index (χ0v) is 12.0. The molecule has 0 bridgehead atoms. The molecule has 1 N–H and O–H groups in total. The van der Waals surface area contributed by atoms with Gasteiger partial charge in [-0.3, -0.25) is 4.79 Å². The Morgan fingerprint density at radius 1 is 1.33 bits per heavy atom. The number of hydrogen-bond acceptors (Lipinski definition) is 2. The van der Waals surface area contributed by atoms with Crippen LogP contribution in [0.5, 0.6) is 0 Å². The first-order valence-corrected chi connectivity index (χ1v) is 7.31. The Hall–Kier alpha value is -2.36. The van der Waals surface area contributed by atoms with Crippen LogP contribution in [0.3, 0.4) is 0 Å². The minimum absolute atomic E-state index is 0.0168. The molecule has 2 heterocycles. The zero-order valence-electron chi connectivity index (χ0n) is 12.0. The van der Waals surface area contributed by atoms with Crippen LogP contribution < -0.4 is 0 Å². The lowest BCUT2D eigenvalue weighted by Crippen LogP contribution is -2.37. The summed E-state index contributed by atoms with van der Waals surface area (Å²) in [5.74, 6) is 0.212. The van der Waals surface area contributed by atoms with Gasteiger partial charge in [-0.15, -0.1) is 0 Å². The second-order valence-electron chi connectivity index (χ2n) is 5.73. The van der Waals surface area contributed by atoms with E-state index < -0.39 is 0 Å². The normalized spacial score (nSPS) is 20.4. The van der Waals surface area contributed by atoms with Crippen LogP contribution in [0, 0.1) is 5.92 Å². The van der Waals surface area contributed by atoms with Gasteiger partial charge < -0.3 is 9.88 Å². The van der Waals surface area contributed by atoms with Crippen LogP contribution in [0.4, 0.5) is 0 Å². The summed E-state index contributed by atoms with van der Waals surface area (Å²) in [6, 6.07) is 10.2. The predicted octanol–water partition coefficient (Wildman–Crippen LogP) is 2.40. The molecule has 1 aliphatic carbocycles. The van der Waals surface area contributed by atoms with E-state index in [0.717, 1.165) is 24.4 Å². The second kappa shape index (κ2) is 4.58. The molecule has 1 atom stereocenters. The van der Waals surface area contributed by atoms with Crippen LogP contribution in [0.1, 0.15) is 23.9 Å². The molecule has 1 aliphatic heterocycles. The number of carbonyl (C=O) groups excluding carboxylic acids is 1. The van der Waals surface area contributed by atoms with Gasteiger partial charge in [0.05, 0.1) is 30.2 Å². The highest BCUT2D eigenvalue weighted by Gasteiger charge is 2.42. The molecule has 1 aromatic heterocycles. The maximum atomic E-state index is 12.7.